The molecule has 2 heterocycles. The first-order chi connectivity index (χ1) is 9.13. The molecule has 1 fully saturated rings. The molecule has 4 atom stereocenters. The molecule has 3 rings (SSSR count). The van der Waals surface area contributed by atoms with Crippen molar-refractivity contribution in [1.29, 1.82) is 0 Å². The van der Waals surface area contributed by atoms with Gasteiger partial charge in [0, 0.05) is 12.5 Å². The number of aliphatic hydroxyl groups excluding tert-OH is 1. The number of imidazole rings is 1. The number of nitrogen functional groups attached to an aromatic ring is 1. The molecule has 102 valence electrons. The van der Waals surface area contributed by atoms with E-state index in [1.807, 2.05) is 0 Å². The average molecular weight is 269 g/mol. The zero-order valence-corrected chi connectivity index (χ0v) is 9.95. The maximum absolute atomic E-state index is 14.0. The molecular formula is C11H13F2N5O. The van der Waals surface area contributed by atoms with Gasteiger partial charge in [0.15, 0.2) is 17.6 Å². The molecule has 0 radical (unpaired) electrons. The van der Waals surface area contributed by atoms with Crippen LogP contribution >= 0.6 is 0 Å². The summed E-state index contributed by atoms with van der Waals surface area (Å²) in [5.41, 5.74) is 6.40. The van der Waals surface area contributed by atoms with Gasteiger partial charge in [-0.15, -0.1) is 0 Å². The number of rotatable bonds is 2. The van der Waals surface area contributed by atoms with Gasteiger partial charge in [-0.3, -0.25) is 0 Å². The Hall–Kier alpha value is -1.83. The highest BCUT2D eigenvalue weighted by Gasteiger charge is 2.45. The van der Waals surface area contributed by atoms with Gasteiger partial charge in [0.2, 0.25) is 0 Å². The second kappa shape index (κ2) is 4.37. The Morgan fingerprint density at radius 2 is 2.11 bits per heavy atom. The van der Waals surface area contributed by atoms with Crippen molar-refractivity contribution in [2.45, 2.75) is 24.8 Å². The molecule has 0 spiro atoms. The largest absolute Gasteiger partial charge is 0.396 e. The third-order valence-electron chi connectivity index (χ3n) is 3.65. The highest BCUT2D eigenvalue weighted by Crippen LogP contribution is 2.40. The molecule has 0 amide bonds. The molecule has 0 saturated heterocycles. The number of fused-ring (bicyclic) bond motifs is 1. The van der Waals surface area contributed by atoms with E-state index < -0.39 is 24.3 Å². The lowest BCUT2D eigenvalue weighted by Gasteiger charge is -2.15. The molecule has 8 heteroatoms. The first kappa shape index (κ1) is 12.2. The number of aromatic nitrogens is 4. The minimum Gasteiger partial charge on any atom is -0.396 e. The van der Waals surface area contributed by atoms with Gasteiger partial charge < -0.3 is 15.4 Å². The molecular weight excluding hydrogens is 256 g/mol. The summed E-state index contributed by atoms with van der Waals surface area (Å²) in [4.78, 5) is 11.8. The molecule has 2 aromatic rings. The number of nitrogens with zero attached hydrogens (tertiary/aromatic N) is 4. The van der Waals surface area contributed by atoms with Crippen LogP contribution in [0.25, 0.3) is 11.2 Å². The van der Waals surface area contributed by atoms with E-state index in [4.69, 9.17) is 10.8 Å². The molecule has 1 aliphatic rings. The number of hydrogen-bond acceptors (Lipinski definition) is 5. The van der Waals surface area contributed by atoms with Crippen LogP contribution in [0.1, 0.15) is 12.5 Å². The van der Waals surface area contributed by atoms with Crippen LogP contribution in [0.3, 0.4) is 0 Å². The van der Waals surface area contributed by atoms with Crippen molar-refractivity contribution in [3.63, 3.8) is 0 Å². The highest BCUT2D eigenvalue weighted by atomic mass is 19.2. The summed E-state index contributed by atoms with van der Waals surface area (Å²) in [5, 5.41) is 9.05. The normalized spacial score (nSPS) is 31.1. The maximum atomic E-state index is 14.0. The monoisotopic (exact) mass is 269 g/mol. The van der Waals surface area contributed by atoms with E-state index >= 15 is 0 Å². The van der Waals surface area contributed by atoms with Gasteiger partial charge in [0.05, 0.1) is 12.4 Å². The van der Waals surface area contributed by atoms with Gasteiger partial charge in [0.25, 0.3) is 0 Å². The quantitative estimate of drug-likeness (QED) is 0.835. The van der Waals surface area contributed by atoms with Crippen molar-refractivity contribution in [2.24, 2.45) is 5.92 Å². The lowest BCUT2D eigenvalue weighted by atomic mass is 10.1. The van der Waals surface area contributed by atoms with Crippen LogP contribution in [0, 0.1) is 5.92 Å². The number of halogens is 2. The Morgan fingerprint density at radius 3 is 2.79 bits per heavy atom. The summed E-state index contributed by atoms with van der Waals surface area (Å²) in [7, 11) is 0. The topological polar surface area (TPSA) is 89.9 Å². The van der Waals surface area contributed by atoms with Crippen LogP contribution in [0.2, 0.25) is 0 Å². The van der Waals surface area contributed by atoms with Crippen molar-refractivity contribution in [3.05, 3.63) is 12.7 Å². The number of nitrogens with two attached hydrogens (primary N) is 1. The summed E-state index contributed by atoms with van der Waals surface area (Å²) in [6.45, 7) is -0.373. The second-order valence-electron chi connectivity index (χ2n) is 4.72. The fourth-order valence-electron chi connectivity index (χ4n) is 2.60. The molecule has 0 bridgehead atoms. The zero-order chi connectivity index (χ0) is 13.6. The Bertz CT molecular complexity index is 604. The lowest BCUT2D eigenvalue weighted by molar-refractivity contribution is 0.113. The van der Waals surface area contributed by atoms with Crippen molar-refractivity contribution < 1.29 is 13.9 Å². The number of anilines is 1. The maximum Gasteiger partial charge on any atom is 0.165 e. The molecule has 3 N–H and O–H groups in total. The standard InChI is InChI=1S/C11H13F2N5O/c12-7-5(2-19)1-6(8(7)13)18-4-17-9-10(14)15-3-16-11(9)18/h3-8,19H,1-2H2,(H2,14,15,16)/t5-,6-,7-,8+/m1/s1. The van der Waals surface area contributed by atoms with Crippen LogP contribution < -0.4 is 5.73 Å². The Balaban J connectivity index is 2.04. The van der Waals surface area contributed by atoms with E-state index in [0.29, 0.717) is 11.2 Å². The van der Waals surface area contributed by atoms with Gasteiger partial charge >= 0.3 is 0 Å². The Morgan fingerprint density at radius 1 is 1.32 bits per heavy atom. The second-order valence-corrected chi connectivity index (χ2v) is 4.72. The fourth-order valence-corrected chi connectivity index (χ4v) is 2.60. The van der Waals surface area contributed by atoms with Gasteiger partial charge in [-0.05, 0) is 6.42 Å². The van der Waals surface area contributed by atoms with E-state index in [1.165, 1.54) is 17.2 Å². The molecule has 1 saturated carbocycles. The van der Waals surface area contributed by atoms with Gasteiger partial charge in [0.1, 0.15) is 18.0 Å². The third kappa shape index (κ3) is 1.74. The summed E-state index contributed by atoms with van der Waals surface area (Å²) in [6.07, 6.45) is -0.514. The van der Waals surface area contributed by atoms with Crippen molar-refractivity contribution in [2.75, 3.05) is 12.3 Å². The van der Waals surface area contributed by atoms with Crippen molar-refractivity contribution >= 4 is 17.0 Å². The first-order valence-corrected chi connectivity index (χ1v) is 5.95. The predicted octanol–water partition coefficient (Wildman–Crippen LogP) is 0.638. The molecule has 0 aliphatic heterocycles. The summed E-state index contributed by atoms with van der Waals surface area (Å²) in [6, 6.07) is -0.730. The minimum absolute atomic E-state index is 0.202. The molecule has 0 aromatic carbocycles. The Labute approximate surface area is 107 Å². The highest BCUT2D eigenvalue weighted by molar-refractivity contribution is 5.81. The minimum atomic E-state index is -1.69. The van der Waals surface area contributed by atoms with Crippen LogP contribution in [0.4, 0.5) is 14.6 Å². The van der Waals surface area contributed by atoms with E-state index in [1.54, 1.807) is 0 Å². The predicted molar refractivity (Wildman–Crippen MR) is 63.8 cm³/mol. The zero-order valence-electron chi connectivity index (χ0n) is 9.95. The van der Waals surface area contributed by atoms with E-state index in [0.717, 1.165) is 0 Å². The lowest BCUT2D eigenvalue weighted by Crippen LogP contribution is -2.23. The summed E-state index contributed by atoms with van der Waals surface area (Å²) < 4.78 is 29.2. The molecule has 2 aromatic heterocycles. The van der Waals surface area contributed by atoms with Gasteiger partial charge in [-0.25, -0.2) is 23.7 Å². The molecule has 0 unspecified atom stereocenters. The fraction of sp³-hybridized carbons (Fsp3) is 0.545. The number of alkyl halides is 2. The van der Waals surface area contributed by atoms with Crippen LogP contribution in [-0.2, 0) is 0 Å². The number of aliphatic hydroxyl groups is 1. The smallest absolute Gasteiger partial charge is 0.165 e. The van der Waals surface area contributed by atoms with E-state index in [9.17, 15) is 8.78 Å². The third-order valence-corrected chi connectivity index (χ3v) is 3.65. The van der Waals surface area contributed by atoms with E-state index in [-0.39, 0.29) is 18.8 Å². The SMILES string of the molecule is Nc1ncnc2c1ncn2[C@@H]1C[C@H](CO)[C@@H](F)[C@H]1F. The van der Waals surface area contributed by atoms with Crippen LogP contribution in [-0.4, -0.2) is 43.6 Å². The van der Waals surface area contributed by atoms with Gasteiger partial charge in [-0.2, -0.15) is 0 Å². The molecule has 6 nitrogen and oxygen atoms in total. The summed E-state index contributed by atoms with van der Waals surface area (Å²) in [5.74, 6) is -0.496. The van der Waals surface area contributed by atoms with E-state index in [2.05, 4.69) is 15.0 Å². The van der Waals surface area contributed by atoms with Crippen molar-refractivity contribution in [1.82, 2.24) is 19.5 Å². The van der Waals surface area contributed by atoms with Crippen LogP contribution in [0.15, 0.2) is 12.7 Å². The van der Waals surface area contributed by atoms with Gasteiger partial charge in [-0.1, -0.05) is 0 Å². The Kier molecular flexibility index (Phi) is 2.81. The summed E-state index contributed by atoms with van der Waals surface area (Å²) >= 11 is 0. The average Bonchev–Trinajstić information content (AvgIpc) is 2.94. The molecule has 1 aliphatic carbocycles. The number of hydrogen-bond donors (Lipinski definition) is 2. The molecule has 19 heavy (non-hydrogen) atoms. The van der Waals surface area contributed by atoms with Crippen LogP contribution in [0.5, 0.6) is 0 Å². The first-order valence-electron chi connectivity index (χ1n) is 5.95. The van der Waals surface area contributed by atoms with Crippen molar-refractivity contribution in [3.8, 4) is 0 Å².